The summed E-state index contributed by atoms with van der Waals surface area (Å²) in [4.78, 5) is 37.4. The molecule has 0 aliphatic carbocycles. The van der Waals surface area contributed by atoms with Crippen molar-refractivity contribution in [1.82, 2.24) is 20.9 Å². The first-order valence-corrected chi connectivity index (χ1v) is 9.82. The molecule has 0 aromatic rings. The van der Waals surface area contributed by atoms with Crippen LogP contribution in [-0.2, 0) is 14.4 Å². The second kappa shape index (κ2) is 12.8. The van der Waals surface area contributed by atoms with E-state index in [2.05, 4.69) is 16.0 Å². The van der Waals surface area contributed by atoms with Crippen LogP contribution < -0.4 is 16.0 Å². The third-order valence-electron chi connectivity index (χ3n) is 4.27. The quantitative estimate of drug-likeness (QED) is 0.430. The average molecular weight is 380 g/mol. The van der Waals surface area contributed by atoms with Crippen molar-refractivity contribution < 1.29 is 14.4 Å². The zero-order valence-electron chi connectivity index (χ0n) is 18.0. The molecule has 3 amide bonds. The van der Waals surface area contributed by atoms with Crippen LogP contribution >= 0.6 is 0 Å². The minimum atomic E-state index is -0.431. The van der Waals surface area contributed by atoms with Gasteiger partial charge in [-0.15, -0.1) is 0 Å². The van der Waals surface area contributed by atoms with E-state index in [1.165, 1.54) is 0 Å². The summed E-state index contributed by atoms with van der Waals surface area (Å²) in [6.45, 7) is 14.8. The van der Waals surface area contributed by atoms with Gasteiger partial charge in [0.05, 0.1) is 7.85 Å². The molecule has 7 nitrogen and oxygen atoms in total. The molecule has 0 saturated heterocycles. The average Bonchev–Trinajstić information content (AvgIpc) is 2.58. The van der Waals surface area contributed by atoms with Crippen molar-refractivity contribution in [3.05, 3.63) is 0 Å². The van der Waals surface area contributed by atoms with Crippen molar-refractivity contribution in [2.75, 3.05) is 26.2 Å². The first kappa shape index (κ1) is 25.4. The minimum absolute atomic E-state index is 0.0159. The Morgan fingerprint density at radius 2 is 1.11 bits per heavy atom. The van der Waals surface area contributed by atoms with E-state index in [1.54, 1.807) is 0 Å². The van der Waals surface area contributed by atoms with Crippen molar-refractivity contribution in [3.8, 4) is 0 Å². The Kier molecular flexibility index (Phi) is 12.0. The zero-order valence-corrected chi connectivity index (χ0v) is 18.0. The fraction of sp³-hybridized carbons (Fsp3) is 0.842. The first-order chi connectivity index (χ1) is 12.5. The van der Waals surface area contributed by atoms with E-state index in [0.29, 0.717) is 26.2 Å². The van der Waals surface area contributed by atoms with Crippen molar-refractivity contribution >= 4 is 25.6 Å². The van der Waals surface area contributed by atoms with E-state index in [1.807, 2.05) is 53.4 Å². The second-order valence-electron chi connectivity index (χ2n) is 7.87. The monoisotopic (exact) mass is 380 g/mol. The predicted molar refractivity (Wildman–Crippen MR) is 109 cm³/mol. The zero-order chi connectivity index (χ0) is 21.1. The highest BCUT2D eigenvalue weighted by atomic mass is 16.2. The summed E-state index contributed by atoms with van der Waals surface area (Å²) < 4.78 is 0. The summed E-state index contributed by atoms with van der Waals surface area (Å²) in [6.07, 6.45) is 0. The topological polar surface area (TPSA) is 90.5 Å². The Hall–Kier alpha value is -1.57. The maximum absolute atomic E-state index is 11.9. The Morgan fingerprint density at radius 3 is 1.44 bits per heavy atom. The van der Waals surface area contributed by atoms with E-state index < -0.39 is 5.94 Å². The van der Waals surface area contributed by atoms with Crippen LogP contribution in [-0.4, -0.2) is 68.6 Å². The van der Waals surface area contributed by atoms with Gasteiger partial charge in [0.25, 0.3) is 0 Å². The Labute approximate surface area is 165 Å². The van der Waals surface area contributed by atoms with Crippen molar-refractivity contribution in [1.29, 1.82) is 0 Å². The molecule has 0 aliphatic rings. The van der Waals surface area contributed by atoms with Crippen molar-refractivity contribution in [2.45, 2.75) is 60.4 Å². The van der Waals surface area contributed by atoms with Crippen LogP contribution in [0.25, 0.3) is 0 Å². The molecule has 0 bridgehead atoms. The van der Waals surface area contributed by atoms with Crippen molar-refractivity contribution in [3.63, 3.8) is 0 Å². The molecular weight excluding hydrogens is 343 g/mol. The lowest BCUT2D eigenvalue weighted by Crippen LogP contribution is -2.54. The lowest BCUT2D eigenvalue weighted by molar-refractivity contribution is -0.125. The summed E-state index contributed by atoms with van der Waals surface area (Å²) in [6, 6.07) is -0.262. The number of carbonyl (C=O) groups is 3. The van der Waals surface area contributed by atoms with Crippen LogP contribution in [0, 0.1) is 17.8 Å². The highest BCUT2D eigenvalue weighted by Crippen LogP contribution is 2.03. The minimum Gasteiger partial charge on any atom is -0.355 e. The van der Waals surface area contributed by atoms with Crippen molar-refractivity contribution in [2.24, 2.45) is 17.8 Å². The van der Waals surface area contributed by atoms with Gasteiger partial charge in [-0.05, 0) is 12.9 Å². The Morgan fingerprint density at radius 1 is 0.741 bits per heavy atom. The molecule has 0 spiro atoms. The number of nitrogens with one attached hydrogen (secondary N) is 3. The molecule has 0 aliphatic heterocycles. The van der Waals surface area contributed by atoms with Gasteiger partial charge in [0.1, 0.15) is 0 Å². The summed E-state index contributed by atoms with van der Waals surface area (Å²) in [5.41, 5.74) is 0. The van der Waals surface area contributed by atoms with E-state index in [-0.39, 0.29) is 41.5 Å². The number of amides is 3. The largest absolute Gasteiger partial charge is 0.355 e. The number of carbonyl (C=O) groups excluding carboxylic acids is 3. The molecular formula is C19H37BN4O3. The number of rotatable bonds is 12. The summed E-state index contributed by atoms with van der Waals surface area (Å²) >= 11 is 0. The van der Waals surface area contributed by atoms with Crippen LogP contribution in [0.5, 0.6) is 0 Å². The summed E-state index contributed by atoms with van der Waals surface area (Å²) in [5.74, 6) is -0.804. The van der Waals surface area contributed by atoms with Gasteiger partial charge in [0.2, 0.25) is 17.7 Å². The van der Waals surface area contributed by atoms with Gasteiger partial charge in [-0.25, -0.2) is 0 Å². The molecule has 0 heterocycles. The standard InChI is InChI=1S/C19H37BN4O3/c1-12(2)17(25)21-8-10-24(11-9-22-18(26)13(3)4)16(20)15(7)23-19(27)14(5)6/h12-16H,8-11H2,1-7H3,(H,21,25)(H,22,26)(H,23,27). The lowest BCUT2D eigenvalue weighted by Gasteiger charge is -2.34. The molecule has 0 fully saturated rings. The highest BCUT2D eigenvalue weighted by molar-refractivity contribution is 6.12. The maximum atomic E-state index is 11.9. The SMILES string of the molecule is [B]C(C(C)NC(=O)C(C)C)N(CCNC(=O)C(C)C)CCNC(=O)C(C)C. The molecule has 8 heteroatoms. The van der Waals surface area contributed by atoms with Gasteiger partial charge in [-0.1, -0.05) is 41.5 Å². The Balaban J connectivity index is 4.79. The third-order valence-corrected chi connectivity index (χ3v) is 4.27. The van der Waals surface area contributed by atoms with E-state index >= 15 is 0 Å². The fourth-order valence-electron chi connectivity index (χ4n) is 2.26. The molecule has 2 atom stereocenters. The second-order valence-corrected chi connectivity index (χ2v) is 7.87. The highest BCUT2D eigenvalue weighted by Gasteiger charge is 2.22. The van der Waals surface area contributed by atoms with Gasteiger partial charge in [0, 0.05) is 50.0 Å². The van der Waals surface area contributed by atoms with Gasteiger partial charge in [0.15, 0.2) is 0 Å². The molecule has 2 unspecified atom stereocenters. The number of hydrogen-bond acceptors (Lipinski definition) is 4. The molecule has 27 heavy (non-hydrogen) atoms. The van der Waals surface area contributed by atoms with E-state index in [0.717, 1.165) is 0 Å². The van der Waals surface area contributed by atoms with Gasteiger partial charge in [-0.3, -0.25) is 14.4 Å². The third kappa shape index (κ3) is 10.4. The molecule has 0 aromatic carbocycles. The van der Waals surface area contributed by atoms with E-state index in [9.17, 15) is 14.4 Å². The molecule has 0 rings (SSSR count). The van der Waals surface area contributed by atoms with Crippen LogP contribution in [0.3, 0.4) is 0 Å². The summed E-state index contributed by atoms with van der Waals surface area (Å²) in [5, 5.41) is 8.66. The first-order valence-electron chi connectivity index (χ1n) is 9.82. The van der Waals surface area contributed by atoms with Gasteiger partial charge < -0.3 is 20.9 Å². The smallest absolute Gasteiger partial charge is 0.222 e. The normalized spacial score (nSPS) is 13.7. The molecule has 0 aromatic heterocycles. The van der Waals surface area contributed by atoms with Gasteiger partial charge >= 0.3 is 0 Å². The Bertz CT molecular complexity index is 458. The number of hydrogen-bond donors (Lipinski definition) is 3. The summed E-state index contributed by atoms with van der Waals surface area (Å²) in [7, 11) is 6.35. The van der Waals surface area contributed by atoms with Crippen LogP contribution in [0.2, 0.25) is 0 Å². The fourth-order valence-corrected chi connectivity index (χ4v) is 2.26. The molecule has 2 radical (unpaired) electrons. The van der Waals surface area contributed by atoms with Crippen LogP contribution in [0.15, 0.2) is 0 Å². The molecule has 0 saturated carbocycles. The molecule has 3 N–H and O–H groups in total. The maximum Gasteiger partial charge on any atom is 0.222 e. The van der Waals surface area contributed by atoms with E-state index in [4.69, 9.17) is 7.85 Å². The number of nitrogens with zero attached hydrogens (tertiary/aromatic N) is 1. The van der Waals surface area contributed by atoms with Crippen LogP contribution in [0.1, 0.15) is 48.5 Å². The lowest BCUT2D eigenvalue weighted by atomic mass is 9.87. The molecule has 154 valence electrons. The van der Waals surface area contributed by atoms with Gasteiger partial charge in [-0.2, -0.15) is 0 Å². The van der Waals surface area contributed by atoms with Crippen LogP contribution in [0.4, 0.5) is 0 Å². The predicted octanol–water partition coefficient (Wildman–Crippen LogP) is 0.488.